The van der Waals surface area contributed by atoms with Crippen LogP contribution in [0.4, 0.5) is 0 Å². The molecule has 0 saturated heterocycles. The first-order chi connectivity index (χ1) is 12.8. The SMILES string of the molecule is CCCCCCCCCCCCC[C@@H]1Cc2cccc(OC)c2C(=O)O1. The molecule has 1 heterocycles. The third kappa shape index (κ3) is 6.66. The zero-order valence-corrected chi connectivity index (χ0v) is 16.7. The fourth-order valence-electron chi connectivity index (χ4n) is 3.84. The van der Waals surface area contributed by atoms with Crippen molar-refractivity contribution in [3.8, 4) is 5.75 Å². The van der Waals surface area contributed by atoms with Crippen LogP contribution < -0.4 is 4.74 Å². The lowest BCUT2D eigenvalue weighted by Gasteiger charge is -2.25. The number of cyclic esters (lactones) is 1. The van der Waals surface area contributed by atoms with Crippen molar-refractivity contribution >= 4 is 5.97 Å². The van der Waals surface area contributed by atoms with Gasteiger partial charge in [-0.2, -0.15) is 0 Å². The molecule has 0 bridgehead atoms. The highest BCUT2D eigenvalue weighted by Crippen LogP contribution is 2.30. The van der Waals surface area contributed by atoms with E-state index in [1.165, 1.54) is 64.2 Å². The molecule has 3 nitrogen and oxygen atoms in total. The van der Waals surface area contributed by atoms with Crippen molar-refractivity contribution in [3.63, 3.8) is 0 Å². The fourth-order valence-corrected chi connectivity index (χ4v) is 3.84. The van der Waals surface area contributed by atoms with Gasteiger partial charge in [0, 0.05) is 6.42 Å². The second kappa shape index (κ2) is 12.0. The van der Waals surface area contributed by atoms with Crippen LogP contribution in [-0.4, -0.2) is 19.2 Å². The van der Waals surface area contributed by atoms with Crippen molar-refractivity contribution in [2.45, 2.75) is 96.5 Å². The highest BCUT2D eigenvalue weighted by Gasteiger charge is 2.28. The maximum atomic E-state index is 12.3. The monoisotopic (exact) mass is 360 g/mol. The predicted molar refractivity (Wildman–Crippen MR) is 107 cm³/mol. The van der Waals surface area contributed by atoms with Gasteiger partial charge in [-0.05, 0) is 24.5 Å². The molecule has 1 atom stereocenters. The molecule has 1 aliphatic heterocycles. The molecule has 1 aromatic rings. The zero-order valence-electron chi connectivity index (χ0n) is 16.7. The molecule has 0 spiro atoms. The Morgan fingerprint density at radius 1 is 0.962 bits per heavy atom. The van der Waals surface area contributed by atoms with E-state index in [1.54, 1.807) is 7.11 Å². The Bertz CT molecular complexity index is 538. The Balaban J connectivity index is 1.56. The molecule has 0 aliphatic carbocycles. The van der Waals surface area contributed by atoms with Crippen LogP contribution in [0.2, 0.25) is 0 Å². The van der Waals surface area contributed by atoms with Crippen molar-refractivity contribution < 1.29 is 14.3 Å². The van der Waals surface area contributed by atoms with E-state index < -0.39 is 0 Å². The second-order valence-electron chi connectivity index (χ2n) is 7.55. The molecule has 26 heavy (non-hydrogen) atoms. The topological polar surface area (TPSA) is 35.5 Å². The predicted octanol–water partition coefficient (Wildman–Crippen LogP) is 6.48. The van der Waals surface area contributed by atoms with E-state index in [9.17, 15) is 4.79 Å². The number of hydrogen-bond acceptors (Lipinski definition) is 3. The van der Waals surface area contributed by atoms with Crippen molar-refractivity contribution in [2.24, 2.45) is 0 Å². The van der Waals surface area contributed by atoms with Crippen molar-refractivity contribution in [1.82, 2.24) is 0 Å². The van der Waals surface area contributed by atoms with E-state index in [0.717, 1.165) is 24.8 Å². The van der Waals surface area contributed by atoms with Gasteiger partial charge < -0.3 is 9.47 Å². The van der Waals surface area contributed by atoms with Gasteiger partial charge in [0.15, 0.2) is 0 Å². The zero-order chi connectivity index (χ0) is 18.6. The Kier molecular flexibility index (Phi) is 9.58. The summed E-state index contributed by atoms with van der Waals surface area (Å²) < 4.78 is 10.9. The summed E-state index contributed by atoms with van der Waals surface area (Å²) in [5, 5.41) is 0. The van der Waals surface area contributed by atoms with Crippen LogP contribution in [0.1, 0.15) is 99.9 Å². The van der Waals surface area contributed by atoms with Crippen LogP contribution in [0.3, 0.4) is 0 Å². The molecule has 1 aliphatic rings. The summed E-state index contributed by atoms with van der Waals surface area (Å²) in [6.45, 7) is 2.27. The average molecular weight is 361 g/mol. The third-order valence-corrected chi connectivity index (χ3v) is 5.39. The molecule has 0 unspecified atom stereocenters. The van der Waals surface area contributed by atoms with Crippen molar-refractivity contribution in [1.29, 1.82) is 0 Å². The van der Waals surface area contributed by atoms with Crippen molar-refractivity contribution in [3.05, 3.63) is 29.3 Å². The number of esters is 1. The molecule has 1 aromatic carbocycles. The highest BCUT2D eigenvalue weighted by atomic mass is 16.5. The van der Waals surface area contributed by atoms with Gasteiger partial charge in [-0.25, -0.2) is 4.79 Å². The van der Waals surface area contributed by atoms with Crippen LogP contribution in [0.5, 0.6) is 5.75 Å². The number of carbonyl (C=O) groups is 1. The summed E-state index contributed by atoms with van der Waals surface area (Å²) in [7, 11) is 1.60. The molecule has 0 amide bonds. The van der Waals surface area contributed by atoms with E-state index in [4.69, 9.17) is 9.47 Å². The van der Waals surface area contributed by atoms with Gasteiger partial charge in [0.25, 0.3) is 0 Å². The van der Waals surface area contributed by atoms with Gasteiger partial charge in [0.1, 0.15) is 17.4 Å². The Morgan fingerprint density at radius 2 is 1.58 bits per heavy atom. The number of rotatable bonds is 13. The van der Waals surface area contributed by atoms with E-state index in [0.29, 0.717) is 11.3 Å². The van der Waals surface area contributed by atoms with Crippen LogP contribution in [0.15, 0.2) is 18.2 Å². The smallest absolute Gasteiger partial charge is 0.342 e. The molecular weight excluding hydrogens is 324 g/mol. The van der Waals surface area contributed by atoms with Crippen LogP contribution in [0.25, 0.3) is 0 Å². The number of ether oxygens (including phenoxy) is 2. The summed E-state index contributed by atoms with van der Waals surface area (Å²) in [5.41, 5.74) is 1.68. The minimum atomic E-state index is -0.225. The normalized spacial score (nSPS) is 16.2. The molecular formula is C23H36O3. The number of carbonyl (C=O) groups excluding carboxylic acids is 1. The molecule has 0 N–H and O–H groups in total. The Morgan fingerprint density at radius 3 is 2.19 bits per heavy atom. The molecule has 0 saturated carbocycles. The second-order valence-corrected chi connectivity index (χ2v) is 7.55. The number of hydrogen-bond donors (Lipinski definition) is 0. The number of methoxy groups -OCH3 is 1. The lowest BCUT2D eigenvalue weighted by molar-refractivity contribution is 0.0227. The summed E-state index contributed by atoms with van der Waals surface area (Å²) in [4.78, 5) is 12.3. The van der Waals surface area contributed by atoms with Crippen LogP contribution in [-0.2, 0) is 11.2 Å². The summed E-state index contributed by atoms with van der Waals surface area (Å²) >= 11 is 0. The summed E-state index contributed by atoms with van der Waals surface area (Å²) in [5.74, 6) is 0.400. The lowest BCUT2D eigenvalue weighted by Crippen LogP contribution is -2.28. The standard InChI is InChI=1S/C23H36O3/c1-3-4-5-6-7-8-9-10-11-12-13-16-20-18-19-15-14-17-21(25-2)22(19)23(24)26-20/h14-15,17,20H,3-13,16,18H2,1-2H3/t20-/m1/s1. The van der Waals surface area contributed by atoms with Gasteiger partial charge in [-0.1, -0.05) is 83.3 Å². The van der Waals surface area contributed by atoms with Crippen LogP contribution >= 0.6 is 0 Å². The summed E-state index contributed by atoms with van der Waals surface area (Å²) in [6, 6.07) is 5.80. The Labute approximate surface area is 159 Å². The number of unbranched alkanes of at least 4 members (excludes halogenated alkanes) is 10. The van der Waals surface area contributed by atoms with Gasteiger partial charge in [-0.15, -0.1) is 0 Å². The molecule has 146 valence electrons. The first-order valence-corrected chi connectivity index (χ1v) is 10.6. The third-order valence-electron chi connectivity index (χ3n) is 5.39. The number of fused-ring (bicyclic) bond motifs is 1. The fraction of sp³-hybridized carbons (Fsp3) is 0.696. The van der Waals surface area contributed by atoms with Crippen LogP contribution in [0, 0.1) is 0 Å². The van der Waals surface area contributed by atoms with Gasteiger partial charge in [-0.3, -0.25) is 0 Å². The molecule has 2 rings (SSSR count). The first-order valence-electron chi connectivity index (χ1n) is 10.6. The highest BCUT2D eigenvalue weighted by molar-refractivity contribution is 5.95. The van der Waals surface area contributed by atoms with Crippen molar-refractivity contribution in [2.75, 3.05) is 7.11 Å². The molecule has 3 heteroatoms. The minimum absolute atomic E-state index is 0.0284. The average Bonchev–Trinajstić information content (AvgIpc) is 2.65. The maximum Gasteiger partial charge on any atom is 0.342 e. The van der Waals surface area contributed by atoms with Gasteiger partial charge in [0.05, 0.1) is 7.11 Å². The van der Waals surface area contributed by atoms with E-state index in [-0.39, 0.29) is 12.1 Å². The summed E-state index contributed by atoms with van der Waals surface area (Å²) in [6.07, 6.45) is 16.6. The van der Waals surface area contributed by atoms with Gasteiger partial charge in [0.2, 0.25) is 0 Å². The van der Waals surface area contributed by atoms with E-state index >= 15 is 0 Å². The number of benzene rings is 1. The molecule has 0 fully saturated rings. The Hall–Kier alpha value is -1.51. The minimum Gasteiger partial charge on any atom is -0.496 e. The molecule has 0 radical (unpaired) electrons. The lowest BCUT2D eigenvalue weighted by atomic mass is 9.95. The largest absolute Gasteiger partial charge is 0.496 e. The first kappa shape index (κ1) is 20.8. The van der Waals surface area contributed by atoms with E-state index in [1.807, 2.05) is 18.2 Å². The van der Waals surface area contributed by atoms with E-state index in [2.05, 4.69) is 6.92 Å². The maximum absolute atomic E-state index is 12.3. The molecule has 0 aromatic heterocycles. The van der Waals surface area contributed by atoms with Gasteiger partial charge >= 0.3 is 5.97 Å². The quantitative estimate of drug-likeness (QED) is 0.298.